The Balaban J connectivity index is 1.86. The number of morpholine rings is 1. The fourth-order valence-corrected chi connectivity index (χ4v) is 2.83. The van der Waals surface area contributed by atoms with Crippen molar-refractivity contribution in [3.8, 4) is 0 Å². The predicted molar refractivity (Wildman–Crippen MR) is 84.4 cm³/mol. The maximum atomic E-state index is 10.9. The second-order valence-electron chi connectivity index (χ2n) is 5.99. The number of aryl methyl sites for hydroxylation is 2. The van der Waals surface area contributed by atoms with Crippen molar-refractivity contribution in [2.75, 3.05) is 24.6 Å². The van der Waals surface area contributed by atoms with Crippen LogP contribution in [0.2, 0.25) is 0 Å². The van der Waals surface area contributed by atoms with Gasteiger partial charge in [0.25, 0.3) is 5.69 Å². The quantitative estimate of drug-likeness (QED) is 0.633. The van der Waals surface area contributed by atoms with E-state index >= 15 is 0 Å². The van der Waals surface area contributed by atoms with Crippen LogP contribution in [0.4, 0.5) is 11.5 Å². The number of aromatic nitrogens is 3. The van der Waals surface area contributed by atoms with Crippen LogP contribution in [-0.2, 0) is 17.4 Å². The molecule has 0 saturated carbocycles. The third kappa shape index (κ3) is 2.89. The Morgan fingerprint density at radius 3 is 2.83 bits per heavy atom. The normalized spacial score (nSPS) is 21.4. The zero-order chi connectivity index (χ0) is 16.6. The SMILES string of the molecule is Cc1cc(N2CCOC(C)(c3cnn(C)c3)C2)ncc1[N+](=O)[O-]. The summed E-state index contributed by atoms with van der Waals surface area (Å²) in [6, 6.07) is 1.76. The van der Waals surface area contributed by atoms with Gasteiger partial charge in [-0.15, -0.1) is 0 Å². The van der Waals surface area contributed by atoms with Crippen molar-refractivity contribution < 1.29 is 9.66 Å². The van der Waals surface area contributed by atoms with Crippen LogP contribution < -0.4 is 4.90 Å². The van der Waals surface area contributed by atoms with Gasteiger partial charge in [-0.3, -0.25) is 14.8 Å². The molecule has 1 aliphatic heterocycles. The Bertz CT molecular complexity index is 744. The van der Waals surface area contributed by atoms with E-state index in [1.807, 2.05) is 20.2 Å². The molecule has 1 saturated heterocycles. The Morgan fingerprint density at radius 1 is 1.43 bits per heavy atom. The van der Waals surface area contributed by atoms with Gasteiger partial charge in [-0.25, -0.2) is 4.98 Å². The first-order valence-corrected chi connectivity index (χ1v) is 7.38. The lowest BCUT2D eigenvalue weighted by atomic mass is 9.97. The van der Waals surface area contributed by atoms with Crippen molar-refractivity contribution in [3.63, 3.8) is 0 Å². The number of ether oxygens (including phenoxy) is 1. The zero-order valence-electron chi connectivity index (χ0n) is 13.4. The van der Waals surface area contributed by atoms with Crippen molar-refractivity contribution in [1.29, 1.82) is 0 Å². The first-order chi connectivity index (χ1) is 10.9. The summed E-state index contributed by atoms with van der Waals surface area (Å²) < 4.78 is 7.72. The summed E-state index contributed by atoms with van der Waals surface area (Å²) in [6.45, 7) is 5.62. The van der Waals surface area contributed by atoms with Crippen molar-refractivity contribution in [2.45, 2.75) is 19.4 Å². The molecule has 0 bridgehead atoms. The van der Waals surface area contributed by atoms with E-state index in [-0.39, 0.29) is 5.69 Å². The molecular formula is C15H19N5O3. The molecule has 23 heavy (non-hydrogen) atoms. The van der Waals surface area contributed by atoms with Crippen LogP contribution in [0.3, 0.4) is 0 Å². The largest absolute Gasteiger partial charge is 0.367 e. The summed E-state index contributed by atoms with van der Waals surface area (Å²) in [5.74, 6) is 0.728. The third-order valence-corrected chi connectivity index (χ3v) is 4.18. The summed E-state index contributed by atoms with van der Waals surface area (Å²) in [6.07, 6.45) is 5.07. The fourth-order valence-electron chi connectivity index (χ4n) is 2.83. The van der Waals surface area contributed by atoms with Gasteiger partial charge in [0.1, 0.15) is 17.6 Å². The molecule has 1 aliphatic rings. The molecule has 0 aromatic carbocycles. The lowest BCUT2D eigenvalue weighted by molar-refractivity contribution is -0.385. The van der Waals surface area contributed by atoms with Gasteiger partial charge in [0.15, 0.2) is 0 Å². The molecule has 122 valence electrons. The van der Waals surface area contributed by atoms with Gasteiger partial charge in [-0.05, 0) is 19.9 Å². The molecule has 0 radical (unpaired) electrons. The van der Waals surface area contributed by atoms with Crippen LogP contribution in [0.25, 0.3) is 0 Å². The maximum absolute atomic E-state index is 10.9. The monoisotopic (exact) mass is 317 g/mol. The molecule has 8 nitrogen and oxygen atoms in total. The Morgan fingerprint density at radius 2 is 2.22 bits per heavy atom. The standard InChI is InChI=1S/C15H19N5O3/c1-11-6-14(16-8-13(11)20(21)22)19-4-5-23-15(2,10-19)12-7-17-18(3)9-12/h6-9H,4-5,10H2,1-3H3. The van der Waals surface area contributed by atoms with Gasteiger partial charge in [-0.2, -0.15) is 5.10 Å². The molecule has 0 amide bonds. The molecule has 1 atom stereocenters. The van der Waals surface area contributed by atoms with Crippen LogP contribution in [0.15, 0.2) is 24.7 Å². The minimum atomic E-state index is -0.482. The number of anilines is 1. The molecular weight excluding hydrogens is 298 g/mol. The number of rotatable bonds is 3. The van der Waals surface area contributed by atoms with E-state index in [0.29, 0.717) is 25.3 Å². The predicted octanol–water partition coefficient (Wildman–Crippen LogP) is 1.78. The molecule has 8 heteroatoms. The van der Waals surface area contributed by atoms with Gasteiger partial charge in [0, 0.05) is 30.9 Å². The van der Waals surface area contributed by atoms with E-state index < -0.39 is 10.5 Å². The Hall–Kier alpha value is -2.48. The average molecular weight is 317 g/mol. The number of nitro groups is 1. The molecule has 1 unspecified atom stereocenters. The molecule has 2 aromatic heterocycles. The van der Waals surface area contributed by atoms with E-state index in [4.69, 9.17) is 4.74 Å². The van der Waals surface area contributed by atoms with Crippen molar-refractivity contribution in [2.24, 2.45) is 7.05 Å². The van der Waals surface area contributed by atoms with Crippen LogP contribution in [0.5, 0.6) is 0 Å². The lowest BCUT2D eigenvalue weighted by Gasteiger charge is -2.40. The molecule has 3 heterocycles. The van der Waals surface area contributed by atoms with Gasteiger partial charge < -0.3 is 9.64 Å². The minimum absolute atomic E-state index is 0.0389. The van der Waals surface area contributed by atoms with Crippen LogP contribution in [-0.4, -0.2) is 39.4 Å². The molecule has 1 fully saturated rings. The van der Waals surface area contributed by atoms with Gasteiger partial charge in [0.05, 0.1) is 24.3 Å². The van der Waals surface area contributed by atoms with E-state index in [9.17, 15) is 10.1 Å². The average Bonchev–Trinajstić information content (AvgIpc) is 2.94. The van der Waals surface area contributed by atoms with E-state index in [2.05, 4.69) is 15.0 Å². The molecule has 2 aromatic rings. The first kappa shape index (κ1) is 15.4. The number of nitrogens with zero attached hydrogens (tertiary/aromatic N) is 5. The fraction of sp³-hybridized carbons (Fsp3) is 0.467. The zero-order valence-corrected chi connectivity index (χ0v) is 13.4. The summed E-state index contributed by atoms with van der Waals surface area (Å²) in [4.78, 5) is 16.9. The molecule has 0 spiro atoms. The highest BCUT2D eigenvalue weighted by Crippen LogP contribution is 2.31. The number of hydrogen-bond acceptors (Lipinski definition) is 6. The van der Waals surface area contributed by atoms with Crippen molar-refractivity contribution in [3.05, 3.63) is 45.9 Å². The molecule has 0 N–H and O–H groups in total. The molecule has 0 aliphatic carbocycles. The van der Waals surface area contributed by atoms with Gasteiger partial charge in [-0.1, -0.05) is 0 Å². The lowest BCUT2D eigenvalue weighted by Crippen LogP contribution is -2.48. The van der Waals surface area contributed by atoms with Crippen molar-refractivity contribution >= 4 is 11.5 Å². The van der Waals surface area contributed by atoms with E-state index in [0.717, 1.165) is 11.4 Å². The summed E-state index contributed by atoms with van der Waals surface area (Å²) in [7, 11) is 1.87. The van der Waals surface area contributed by atoms with Crippen LogP contribution in [0.1, 0.15) is 18.1 Å². The van der Waals surface area contributed by atoms with Gasteiger partial charge in [0.2, 0.25) is 0 Å². The summed E-state index contributed by atoms with van der Waals surface area (Å²) in [5, 5.41) is 15.1. The highest BCUT2D eigenvalue weighted by atomic mass is 16.6. The highest BCUT2D eigenvalue weighted by Gasteiger charge is 2.35. The Labute approximate surface area is 133 Å². The third-order valence-electron chi connectivity index (χ3n) is 4.18. The highest BCUT2D eigenvalue weighted by molar-refractivity contribution is 5.49. The smallest absolute Gasteiger partial charge is 0.290 e. The van der Waals surface area contributed by atoms with Crippen molar-refractivity contribution in [1.82, 2.24) is 14.8 Å². The number of hydrogen-bond donors (Lipinski definition) is 0. The van der Waals surface area contributed by atoms with Gasteiger partial charge >= 0.3 is 0 Å². The second kappa shape index (κ2) is 5.62. The van der Waals surface area contributed by atoms with E-state index in [1.165, 1.54) is 6.20 Å². The maximum Gasteiger partial charge on any atom is 0.290 e. The first-order valence-electron chi connectivity index (χ1n) is 7.38. The minimum Gasteiger partial charge on any atom is -0.367 e. The molecule has 3 rings (SSSR count). The number of pyridine rings is 1. The van der Waals surface area contributed by atoms with Crippen LogP contribution in [0, 0.1) is 17.0 Å². The second-order valence-corrected chi connectivity index (χ2v) is 5.99. The topological polar surface area (TPSA) is 86.3 Å². The Kier molecular flexibility index (Phi) is 3.77. The summed E-state index contributed by atoms with van der Waals surface area (Å²) >= 11 is 0. The van der Waals surface area contributed by atoms with Crippen LogP contribution >= 0.6 is 0 Å². The van der Waals surface area contributed by atoms with E-state index in [1.54, 1.807) is 23.9 Å². The summed E-state index contributed by atoms with van der Waals surface area (Å²) in [5.41, 5.74) is 1.17.